The minimum absolute atomic E-state index is 0.192. The van der Waals surface area contributed by atoms with Gasteiger partial charge in [0.1, 0.15) is 17.3 Å². The third-order valence-electron chi connectivity index (χ3n) is 4.79. The summed E-state index contributed by atoms with van der Waals surface area (Å²) in [6.45, 7) is 0. The summed E-state index contributed by atoms with van der Waals surface area (Å²) in [6, 6.07) is 10.5. The first-order valence-electron chi connectivity index (χ1n) is 9.43. The van der Waals surface area contributed by atoms with Crippen molar-refractivity contribution in [2.24, 2.45) is 0 Å². The summed E-state index contributed by atoms with van der Waals surface area (Å²) in [6.07, 6.45) is -1.79. The van der Waals surface area contributed by atoms with Crippen LogP contribution in [0, 0.1) is 5.82 Å². The van der Waals surface area contributed by atoms with E-state index in [1.54, 1.807) is 16.0 Å². The molecule has 166 valence electrons. The Morgan fingerprint density at radius 2 is 1.82 bits per heavy atom. The highest BCUT2D eigenvalue weighted by atomic mass is 32.1. The highest BCUT2D eigenvalue weighted by Crippen LogP contribution is 2.34. The Bertz CT molecular complexity index is 1470. The molecule has 0 saturated carbocycles. The van der Waals surface area contributed by atoms with Crippen LogP contribution in [0.1, 0.15) is 16.1 Å². The standard InChI is InChI=1S/C21H12F4N6OS/c22-13-7-5-12(6-8-13)17-18(30-9-10-33-20(30)26-17)27-19(32)15-11-31(29-28-15)16-4-2-1-3-14(16)21(23,24)25/h1-11H,(H,27,32). The van der Waals surface area contributed by atoms with E-state index in [-0.39, 0.29) is 11.4 Å². The van der Waals surface area contributed by atoms with Crippen LogP contribution in [-0.2, 0) is 6.18 Å². The molecule has 0 bridgehead atoms. The molecular weight excluding hydrogens is 460 g/mol. The molecule has 7 nitrogen and oxygen atoms in total. The van der Waals surface area contributed by atoms with E-state index in [2.05, 4.69) is 20.6 Å². The first-order chi connectivity index (χ1) is 15.8. The number of hydrogen-bond acceptors (Lipinski definition) is 5. The zero-order chi connectivity index (χ0) is 23.2. The third-order valence-corrected chi connectivity index (χ3v) is 5.55. The fourth-order valence-electron chi connectivity index (χ4n) is 3.28. The zero-order valence-electron chi connectivity index (χ0n) is 16.4. The largest absolute Gasteiger partial charge is 0.418 e. The maximum absolute atomic E-state index is 13.3. The number of nitrogens with one attached hydrogen (secondary N) is 1. The Morgan fingerprint density at radius 1 is 1.06 bits per heavy atom. The minimum Gasteiger partial charge on any atom is -0.304 e. The van der Waals surface area contributed by atoms with Gasteiger partial charge in [-0.3, -0.25) is 9.20 Å². The van der Waals surface area contributed by atoms with E-state index < -0.39 is 23.5 Å². The first kappa shape index (κ1) is 20.8. The van der Waals surface area contributed by atoms with Crippen molar-refractivity contribution in [3.63, 3.8) is 0 Å². The Labute approximate surface area is 186 Å². The molecule has 1 amide bonds. The number of thiazole rings is 1. The molecule has 33 heavy (non-hydrogen) atoms. The van der Waals surface area contributed by atoms with Crippen molar-refractivity contribution in [2.75, 3.05) is 5.32 Å². The van der Waals surface area contributed by atoms with Crippen LogP contribution in [0.2, 0.25) is 0 Å². The third kappa shape index (κ3) is 3.84. The second-order valence-corrected chi connectivity index (χ2v) is 7.76. The molecule has 0 aliphatic carbocycles. The summed E-state index contributed by atoms with van der Waals surface area (Å²) >= 11 is 1.34. The zero-order valence-corrected chi connectivity index (χ0v) is 17.2. The fourth-order valence-corrected chi connectivity index (χ4v) is 4.00. The van der Waals surface area contributed by atoms with Crippen LogP contribution in [-0.4, -0.2) is 30.3 Å². The topological polar surface area (TPSA) is 77.1 Å². The molecule has 0 atom stereocenters. The van der Waals surface area contributed by atoms with E-state index in [0.717, 1.165) is 16.9 Å². The summed E-state index contributed by atoms with van der Waals surface area (Å²) in [5.41, 5.74) is -0.373. The molecule has 12 heteroatoms. The van der Waals surface area contributed by atoms with Crippen LogP contribution >= 0.6 is 11.3 Å². The van der Waals surface area contributed by atoms with Crippen molar-refractivity contribution in [2.45, 2.75) is 6.18 Å². The van der Waals surface area contributed by atoms with Gasteiger partial charge in [0, 0.05) is 17.1 Å². The number of benzene rings is 2. The normalized spacial score (nSPS) is 11.8. The number of nitrogens with zero attached hydrogens (tertiary/aromatic N) is 5. The summed E-state index contributed by atoms with van der Waals surface area (Å²) in [5, 5.41) is 11.9. The average Bonchev–Trinajstić information content (AvgIpc) is 3.51. The predicted molar refractivity (Wildman–Crippen MR) is 113 cm³/mol. The molecule has 0 unspecified atom stereocenters. The first-order valence-corrected chi connectivity index (χ1v) is 10.3. The summed E-state index contributed by atoms with van der Waals surface area (Å²) in [4.78, 5) is 18.0. The van der Waals surface area contributed by atoms with E-state index in [4.69, 9.17) is 0 Å². The number of hydrogen-bond donors (Lipinski definition) is 1. The van der Waals surface area contributed by atoms with Gasteiger partial charge < -0.3 is 5.32 Å². The lowest BCUT2D eigenvalue weighted by molar-refractivity contribution is -0.137. The fraction of sp³-hybridized carbons (Fsp3) is 0.0476. The van der Waals surface area contributed by atoms with Crippen molar-refractivity contribution < 1.29 is 22.4 Å². The van der Waals surface area contributed by atoms with E-state index in [9.17, 15) is 22.4 Å². The number of fused-ring (bicyclic) bond motifs is 1. The monoisotopic (exact) mass is 472 g/mol. The van der Waals surface area contributed by atoms with Gasteiger partial charge in [0.15, 0.2) is 10.7 Å². The lowest BCUT2D eigenvalue weighted by atomic mass is 10.1. The molecule has 1 N–H and O–H groups in total. The van der Waals surface area contributed by atoms with Crippen LogP contribution in [0.5, 0.6) is 0 Å². The lowest BCUT2D eigenvalue weighted by Gasteiger charge is -2.11. The van der Waals surface area contributed by atoms with Gasteiger partial charge in [-0.25, -0.2) is 14.1 Å². The molecule has 0 fully saturated rings. The number of anilines is 1. The van der Waals surface area contributed by atoms with Crippen LogP contribution in [0.25, 0.3) is 21.9 Å². The number of aromatic nitrogens is 5. The highest BCUT2D eigenvalue weighted by molar-refractivity contribution is 7.15. The lowest BCUT2D eigenvalue weighted by Crippen LogP contribution is -2.14. The van der Waals surface area contributed by atoms with Crippen LogP contribution < -0.4 is 5.32 Å². The number of alkyl halides is 3. The Hall–Kier alpha value is -4.06. The maximum Gasteiger partial charge on any atom is 0.418 e. The number of rotatable bonds is 4. The SMILES string of the molecule is O=C(Nc1c(-c2ccc(F)cc2)nc2sccn12)c1cn(-c2ccccc2C(F)(F)F)nn1. The molecule has 5 aromatic rings. The van der Waals surface area contributed by atoms with Gasteiger partial charge in [0.25, 0.3) is 5.91 Å². The molecule has 0 aliphatic heterocycles. The van der Waals surface area contributed by atoms with Crippen molar-refractivity contribution in [3.8, 4) is 16.9 Å². The van der Waals surface area contributed by atoms with Crippen molar-refractivity contribution in [1.29, 1.82) is 0 Å². The average molecular weight is 472 g/mol. The van der Waals surface area contributed by atoms with Gasteiger partial charge >= 0.3 is 6.18 Å². The number of carbonyl (C=O) groups excluding carboxylic acids is 1. The van der Waals surface area contributed by atoms with Gasteiger partial charge in [0.05, 0.1) is 17.4 Å². The summed E-state index contributed by atoms with van der Waals surface area (Å²) < 4.78 is 55.9. The Morgan fingerprint density at radius 3 is 2.58 bits per heavy atom. The highest BCUT2D eigenvalue weighted by Gasteiger charge is 2.34. The molecule has 3 heterocycles. The molecule has 3 aromatic heterocycles. The molecule has 0 spiro atoms. The predicted octanol–water partition coefficient (Wildman–Crippen LogP) is 5.05. The van der Waals surface area contributed by atoms with E-state index in [1.807, 2.05) is 0 Å². The summed E-state index contributed by atoms with van der Waals surface area (Å²) in [5.74, 6) is -0.795. The molecule has 0 radical (unpaired) electrons. The number of carbonyl (C=O) groups is 1. The Balaban J connectivity index is 1.49. The molecule has 0 aliphatic rings. The quantitative estimate of drug-likeness (QED) is 0.371. The minimum atomic E-state index is -4.60. The van der Waals surface area contributed by atoms with Gasteiger partial charge in [-0.1, -0.05) is 17.3 Å². The molecule has 5 rings (SSSR count). The smallest absolute Gasteiger partial charge is 0.304 e. The van der Waals surface area contributed by atoms with E-state index in [1.165, 1.54) is 53.8 Å². The number of imidazole rings is 1. The van der Waals surface area contributed by atoms with Gasteiger partial charge in [-0.05, 0) is 36.4 Å². The van der Waals surface area contributed by atoms with E-state index in [0.29, 0.717) is 22.0 Å². The Kier molecular flexibility index (Phi) is 4.93. The van der Waals surface area contributed by atoms with Crippen LogP contribution in [0.15, 0.2) is 66.3 Å². The van der Waals surface area contributed by atoms with Crippen LogP contribution in [0.4, 0.5) is 23.4 Å². The second-order valence-electron chi connectivity index (χ2n) is 6.89. The van der Waals surface area contributed by atoms with Gasteiger partial charge in [-0.15, -0.1) is 16.4 Å². The second kappa shape index (κ2) is 7.81. The van der Waals surface area contributed by atoms with E-state index >= 15 is 0 Å². The molecular formula is C21H12F4N6OS. The van der Waals surface area contributed by atoms with Gasteiger partial charge in [0.2, 0.25) is 0 Å². The van der Waals surface area contributed by atoms with Crippen LogP contribution in [0.3, 0.4) is 0 Å². The number of amides is 1. The maximum atomic E-state index is 13.3. The van der Waals surface area contributed by atoms with Crippen molar-refractivity contribution in [3.05, 3.63) is 83.4 Å². The molecule has 2 aromatic carbocycles. The number of para-hydroxylation sites is 1. The van der Waals surface area contributed by atoms with Crippen molar-refractivity contribution in [1.82, 2.24) is 24.4 Å². The molecule has 0 saturated heterocycles. The van der Waals surface area contributed by atoms with Gasteiger partial charge in [-0.2, -0.15) is 13.2 Å². The summed E-state index contributed by atoms with van der Waals surface area (Å²) in [7, 11) is 0. The number of halogens is 4. The van der Waals surface area contributed by atoms with Crippen molar-refractivity contribution >= 4 is 28.0 Å².